The van der Waals surface area contributed by atoms with E-state index in [2.05, 4.69) is 10.3 Å². The van der Waals surface area contributed by atoms with Crippen molar-refractivity contribution in [2.24, 2.45) is 0 Å². The van der Waals surface area contributed by atoms with Crippen LogP contribution in [0.4, 0.5) is 5.69 Å². The molecule has 1 amide bonds. The third-order valence-corrected chi connectivity index (χ3v) is 6.52. The number of amides is 1. The Kier molecular flexibility index (Phi) is 6.06. The maximum absolute atomic E-state index is 12.4. The van der Waals surface area contributed by atoms with Gasteiger partial charge in [-0.2, -0.15) is 0 Å². The van der Waals surface area contributed by atoms with Gasteiger partial charge in [-0.05, 0) is 36.4 Å². The van der Waals surface area contributed by atoms with Crippen LogP contribution in [0, 0.1) is 0 Å². The number of carbonyl (C=O) groups excluding carboxylic acids is 3. The van der Waals surface area contributed by atoms with Gasteiger partial charge in [0.2, 0.25) is 0 Å². The lowest BCUT2D eigenvalue weighted by molar-refractivity contribution is -0.119. The summed E-state index contributed by atoms with van der Waals surface area (Å²) in [5.41, 5.74) is 1.40. The normalized spacial score (nSPS) is 10.6. The highest BCUT2D eigenvalue weighted by atomic mass is 32.1. The Bertz CT molecular complexity index is 1240. The Balaban J connectivity index is 1.38. The lowest BCUT2D eigenvalue weighted by atomic mass is 10.2. The highest BCUT2D eigenvalue weighted by Gasteiger charge is 2.17. The molecule has 0 fully saturated rings. The van der Waals surface area contributed by atoms with E-state index in [-0.39, 0.29) is 11.3 Å². The number of thiazole rings is 1. The van der Waals surface area contributed by atoms with Crippen LogP contribution in [0.2, 0.25) is 0 Å². The molecule has 0 aliphatic carbocycles. The van der Waals surface area contributed by atoms with E-state index in [9.17, 15) is 14.4 Å². The first kappa shape index (κ1) is 20.7. The number of nitrogens with one attached hydrogen (secondary N) is 1. The van der Waals surface area contributed by atoms with Gasteiger partial charge in [0.1, 0.15) is 9.88 Å². The van der Waals surface area contributed by atoms with E-state index in [1.165, 1.54) is 24.5 Å². The van der Waals surface area contributed by atoms with Crippen LogP contribution in [0.3, 0.4) is 0 Å². The van der Waals surface area contributed by atoms with Crippen LogP contribution in [0.15, 0.2) is 60.7 Å². The summed E-state index contributed by atoms with van der Waals surface area (Å²) in [6.45, 7) is -0.483. The molecule has 9 heteroatoms. The Morgan fingerprint density at radius 2 is 1.71 bits per heavy atom. The van der Waals surface area contributed by atoms with Gasteiger partial charge in [-0.1, -0.05) is 24.3 Å². The zero-order valence-corrected chi connectivity index (χ0v) is 17.9. The number of hydrogen-bond donors (Lipinski definition) is 1. The summed E-state index contributed by atoms with van der Waals surface area (Å²) in [6, 6.07) is 17.7. The van der Waals surface area contributed by atoms with Crippen LogP contribution in [-0.2, 0) is 14.3 Å². The molecule has 2 heterocycles. The van der Waals surface area contributed by atoms with Gasteiger partial charge in [0.05, 0.1) is 33.5 Å². The largest absolute Gasteiger partial charge is 0.465 e. The summed E-state index contributed by atoms with van der Waals surface area (Å²) in [5.74, 6) is -1.74. The van der Waals surface area contributed by atoms with E-state index in [1.807, 2.05) is 30.3 Å². The maximum atomic E-state index is 12.4. The van der Waals surface area contributed by atoms with Crippen LogP contribution < -0.4 is 5.32 Å². The van der Waals surface area contributed by atoms with E-state index in [4.69, 9.17) is 9.47 Å². The van der Waals surface area contributed by atoms with E-state index < -0.39 is 24.5 Å². The third kappa shape index (κ3) is 4.62. The zero-order valence-electron chi connectivity index (χ0n) is 16.3. The number of hydrogen-bond acceptors (Lipinski definition) is 8. The molecule has 4 aromatic rings. The van der Waals surface area contributed by atoms with Crippen molar-refractivity contribution >= 4 is 56.4 Å². The number of esters is 2. The molecule has 4 rings (SSSR count). The molecule has 2 aromatic heterocycles. The second kappa shape index (κ2) is 9.07. The number of aromatic nitrogens is 1. The fourth-order valence-corrected chi connectivity index (χ4v) is 4.73. The predicted molar refractivity (Wildman–Crippen MR) is 120 cm³/mol. The van der Waals surface area contributed by atoms with Gasteiger partial charge >= 0.3 is 11.9 Å². The minimum Gasteiger partial charge on any atom is -0.465 e. The van der Waals surface area contributed by atoms with Crippen molar-refractivity contribution in [3.8, 4) is 9.88 Å². The number of anilines is 1. The van der Waals surface area contributed by atoms with Gasteiger partial charge < -0.3 is 14.8 Å². The standard InChI is InChI=1S/C22H16N2O5S2/c1-28-21(26)13-6-2-3-7-14(13)23-19(25)12-29-22(27)18-11-10-17(30-18)20-24-15-8-4-5-9-16(15)31-20/h2-11H,12H2,1H3,(H,23,25). The summed E-state index contributed by atoms with van der Waals surface area (Å²) in [5, 5.41) is 3.38. The quantitative estimate of drug-likeness (QED) is 0.430. The first-order valence-corrected chi connectivity index (χ1v) is 10.8. The van der Waals surface area contributed by atoms with Crippen LogP contribution >= 0.6 is 22.7 Å². The highest BCUT2D eigenvalue weighted by Crippen LogP contribution is 2.34. The van der Waals surface area contributed by atoms with Crippen molar-refractivity contribution in [3.63, 3.8) is 0 Å². The Hall–Kier alpha value is -3.56. The molecule has 1 N–H and O–H groups in total. The van der Waals surface area contributed by atoms with Gasteiger partial charge in [-0.25, -0.2) is 14.6 Å². The second-order valence-electron chi connectivity index (χ2n) is 6.31. The SMILES string of the molecule is COC(=O)c1ccccc1NC(=O)COC(=O)c1ccc(-c2nc3ccccc3s2)s1. The average Bonchev–Trinajstić information content (AvgIpc) is 3.44. The molecule has 0 atom stereocenters. The third-order valence-electron chi connectivity index (χ3n) is 4.25. The lowest BCUT2D eigenvalue weighted by Gasteiger charge is -2.09. The van der Waals surface area contributed by atoms with Crippen LogP contribution in [0.25, 0.3) is 20.1 Å². The molecule has 0 aliphatic heterocycles. The number of rotatable bonds is 6. The fourth-order valence-electron chi connectivity index (χ4n) is 2.81. The molecule has 31 heavy (non-hydrogen) atoms. The molecule has 0 saturated carbocycles. The van der Waals surface area contributed by atoms with Gasteiger partial charge in [-0.3, -0.25) is 4.79 Å². The molecule has 0 bridgehead atoms. The number of ether oxygens (including phenoxy) is 2. The first-order chi connectivity index (χ1) is 15.0. The van der Waals surface area contributed by atoms with Crippen LogP contribution in [0.5, 0.6) is 0 Å². The summed E-state index contributed by atoms with van der Waals surface area (Å²) >= 11 is 2.80. The topological polar surface area (TPSA) is 94.6 Å². The van der Waals surface area contributed by atoms with Crippen molar-refractivity contribution in [3.05, 3.63) is 71.1 Å². The number of nitrogens with zero attached hydrogens (tertiary/aromatic N) is 1. The second-order valence-corrected chi connectivity index (χ2v) is 8.43. The molecule has 0 saturated heterocycles. The highest BCUT2D eigenvalue weighted by molar-refractivity contribution is 7.26. The Labute approximate surface area is 185 Å². The lowest BCUT2D eigenvalue weighted by Crippen LogP contribution is -2.22. The van der Waals surface area contributed by atoms with E-state index in [0.717, 1.165) is 20.1 Å². The van der Waals surface area contributed by atoms with E-state index >= 15 is 0 Å². The molecule has 2 aromatic carbocycles. The minimum atomic E-state index is -0.603. The number of carbonyl (C=O) groups is 3. The van der Waals surface area contributed by atoms with Crippen molar-refractivity contribution in [2.75, 3.05) is 19.0 Å². The van der Waals surface area contributed by atoms with Crippen molar-refractivity contribution < 1.29 is 23.9 Å². The number of para-hydroxylation sites is 2. The minimum absolute atomic E-state index is 0.211. The fraction of sp³-hybridized carbons (Fsp3) is 0.0909. The van der Waals surface area contributed by atoms with Crippen LogP contribution in [0.1, 0.15) is 20.0 Å². The molecule has 7 nitrogen and oxygen atoms in total. The molecule has 0 unspecified atom stereocenters. The van der Waals surface area contributed by atoms with Crippen molar-refractivity contribution in [1.29, 1.82) is 0 Å². The summed E-state index contributed by atoms with van der Waals surface area (Å²) in [4.78, 5) is 42.1. The van der Waals surface area contributed by atoms with Gasteiger partial charge in [0.25, 0.3) is 5.91 Å². The Morgan fingerprint density at radius 3 is 2.52 bits per heavy atom. The first-order valence-electron chi connectivity index (χ1n) is 9.15. The smallest absolute Gasteiger partial charge is 0.348 e. The number of thiophene rings is 1. The average molecular weight is 453 g/mol. The zero-order chi connectivity index (χ0) is 21.8. The van der Waals surface area contributed by atoms with E-state index in [0.29, 0.717) is 4.88 Å². The number of fused-ring (bicyclic) bond motifs is 1. The molecular weight excluding hydrogens is 436 g/mol. The molecule has 0 aliphatic rings. The monoisotopic (exact) mass is 452 g/mol. The summed E-state index contributed by atoms with van der Waals surface area (Å²) in [7, 11) is 1.26. The Morgan fingerprint density at radius 1 is 0.935 bits per heavy atom. The number of methoxy groups -OCH3 is 1. The van der Waals surface area contributed by atoms with Crippen LogP contribution in [-0.4, -0.2) is 36.5 Å². The molecular formula is C22H16N2O5S2. The van der Waals surface area contributed by atoms with Crippen molar-refractivity contribution in [2.45, 2.75) is 0 Å². The molecule has 0 spiro atoms. The summed E-state index contributed by atoms with van der Waals surface area (Å²) < 4.78 is 10.9. The molecule has 0 radical (unpaired) electrons. The predicted octanol–water partition coefficient (Wildman–Crippen LogP) is 4.61. The molecule has 156 valence electrons. The van der Waals surface area contributed by atoms with Gasteiger partial charge in [-0.15, -0.1) is 22.7 Å². The van der Waals surface area contributed by atoms with Crippen molar-refractivity contribution in [1.82, 2.24) is 4.98 Å². The van der Waals surface area contributed by atoms with E-state index in [1.54, 1.807) is 35.6 Å². The van der Waals surface area contributed by atoms with Gasteiger partial charge in [0, 0.05) is 0 Å². The summed E-state index contributed by atoms with van der Waals surface area (Å²) in [6.07, 6.45) is 0. The maximum Gasteiger partial charge on any atom is 0.348 e. The van der Waals surface area contributed by atoms with Gasteiger partial charge in [0.15, 0.2) is 6.61 Å². The number of benzene rings is 2.